The summed E-state index contributed by atoms with van der Waals surface area (Å²) in [5, 5.41) is 1.19. The molecule has 18 heavy (non-hydrogen) atoms. The third kappa shape index (κ3) is 3.73. The van der Waals surface area contributed by atoms with Crippen molar-refractivity contribution >= 4 is 17.2 Å². The van der Waals surface area contributed by atoms with Crippen LogP contribution in [0.2, 0.25) is 0 Å². The average Bonchev–Trinajstić information content (AvgIpc) is 2.74. The van der Waals surface area contributed by atoms with Crippen molar-refractivity contribution in [2.24, 2.45) is 4.99 Å². The van der Waals surface area contributed by atoms with Crippen LogP contribution in [0.4, 0.5) is 0 Å². The molecular weight excluding hydrogens is 222 g/mol. The Morgan fingerprint density at radius 2 is 2.06 bits per heavy atom. The molecule has 0 spiro atoms. The van der Waals surface area contributed by atoms with E-state index in [1.165, 1.54) is 10.9 Å². The molecule has 0 bridgehead atoms. The molecule has 0 amide bonds. The van der Waals surface area contributed by atoms with Gasteiger partial charge in [0.25, 0.3) is 0 Å². The fraction of sp³-hybridized carbons (Fsp3) is 0.438. The molecule has 0 fully saturated rings. The largest absolute Gasteiger partial charge is 0.464 e. The predicted octanol–water partition coefficient (Wildman–Crippen LogP) is 4.62. The maximum Gasteiger partial charge on any atom is 0.133 e. The van der Waals surface area contributed by atoms with E-state index >= 15 is 0 Å². The van der Waals surface area contributed by atoms with Crippen LogP contribution in [-0.2, 0) is 6.42 Å². The van der Waals surface area contributed by atoms with Gasteiger partial charge < -0.3 is 4.42 Å². The Labute approximate surface area is 109 Å². The molecule has 1 aromatic heterocycles. The zero-order valence-electron chi connectivity index (χ0n) is 11.4. The van der Waals surface area contributed by atoms with Crippen molar-refractivity contribution in [1.29, 1.82) is 0 Å². The molecule has 2 rings (SSSR count). The van der Waals surface area contributed by atoms with Crippen molar-refractivity contribution < 1.29 is 4.42 Å². The van der Waals surface area contributed by atoms with Gasteiger partial charge in [0.05, 0.1) is 11.8 Å². The fourth-order valence-corrected chi connectivity index (χ4v) is 1.91. The number of furan rings is 1. The first-order chi connectivity index (χ1) is 8.54. The summed E-state index contributed by atoms with van der Waals surface area (Å²) >= 11 is 0. The zero-order chi connectivity index (χ0) is 13.0. The summed E-state index contributed by atoms with van der Waals surface area (Å²) in [4.78, 5) is 4.49. The van der Waals surface area contributed by atoms with E-state index in [9.17, 15) is 0 Å². The van der Waals surface area contributed by atoms with Gasteiger partial charge in [0.1, 0.15) is 5.58 Å². The number of hydrogen-bond donors (Lipinski definition) is 0. The summed E-state index contributed by atoms with van der Waals surface area (Å²) in [6.07, 6.45) is 7.07. The van der Waals surface area contributed by atoms with Gasteiger partial charge in [-0.2, -0.15) is 0 Å². The minimum atomic E-state index is 0.0513. The van der Waals surface area contributed by atoms with Gasteiger partial charge in [-0.15, -0.1) is 0 Å². The highest BCUT2D eigenvalue weighted by molar-refractivity contribution is 5.77. The lowest BCUT2D eigenvalue weighted by atomic mass is 10.1. The molecule has 0 saturated heterocycles. The van der Waals surface area contributed by atoms with E-state index in [4.69, 9.17) is 4.42 Å². The predicted molar refractivity (Wildman–Crippen MR) is 77.4 cm³/mol. The fourth-order valence-electron chi connectivity index (χ4n) is 1.91. The lowest BCUT2D eigenvalue weighted by molar-refractivity contribution is 0.584. The zero-order valence-corrected chi connectivity index (χ0v) is 11.4. The van der Waals surface area contributed by atoms with Gasteiger partial charge in [-0.3, -0.25) is 4.99 Å². The summed E-state index contributed by atoms with van der Waals surface area (Å²) in [6, 6.07) is 8.42. The number of unbranched alkanes of at least 4 members (excludes halogenated alkanes) is 1. The van der Waals surface area contributed by atoms with Gasteiger partial charge in [-0.1, -0.05) is 6.07 Å². The van der Waals surface area contributed by atoms with Crippen molar-refractivity contribution in [1.82, 2.24) is 0 Å². The molecular formula is C16H21NO. The van der Waals surface area contributed by atoms with E-state index in [0.29, 0.717) is 0 Å². The minimum absolute atomic E-state index is 0.0513. The second-order valence-corrected chi connectivity index (χ2v) is 5.67. The minimum Gasteiger partial charge on any atom is -0.464 e. The second-order valence-electron chi connectivity index (χ2n) is 5.67. The highest BCUT2D eigenvalue weighted by Crippen LogP contribution is 2.18. The van der Waals surface area contributed by atoms with Crippen molar-refractivity contribution in [3.8, 4) is 0 Å². The number of hydrogen-bond acceptors (Lipinski definition) is 2. The topological polar surface area (TPSA) is 25.5 Å². The molecule has 2 nitrogen and oxygen atoms in total. The van der Waals surface area contributed by atoms with Crippen LogP contribution in [0.25, 0.3) is 11.0 Å². The van der Waals surface area contributed by atoms with Crippen LogP contribution in [0, 0.1) is 0 Å². The van der Waals surface area contributed by atoms with E-state index in [0.717, 1.165) is 24.8 Å². The van der Waals surface area contributed by atoms with E-state index in [-0.39, 0.29) is 5.54 Å². The Balaban J connectivity index is 1.85. The number of rotatable bonds is 4. The van der Waals surface area contributed by atoms with Crippen LogP contribution in [-0.4, -0.2) is 11.8 Å². The van der Waals surface area contributed by atoms with E-state index in [1.54, 1.807) is 6.26 Å². The second kappa shape index (κ2) is 5.38. The number of nitrogens with zero attached hydrogens (tertiary/aromatic N) is 1. The Morgan fingerprint density at radius 3 is 2.83 bits per heavy atom. The summed E-state index contributed by atoms with van der Waals surface area (Å²) in [7, 11) is 0. The average molecular weight is 243 g/mol. The summed E-state index contributed by atoms with van der Waals surface area (Å²) in [6.45, 7) is 6.36. The summed E-state index contributed by atoms with van der Waals surface area (Å²) in [5.74, 6) is 0. The smallest absolute Gasteiger partial charge is 0.133 e. The van der Waals surface area contributed by atoms with Crippen LogP contribution in [0.15, 0.2) is 39.9 Å². The van der Waals surface area contributed by atoms with Gasteiger partial charge in [0.2, 0.25) is 0 Å². The third-order valence-electron chi connectivity index (χ3n) is 2.79. The normalized spacial score (nSPS) is 12.6. The monoisotopic (exact) mass is 243 g/mol. The molecule has 0 N–H and O–H groups in total. The molecule has 0 atom stereocenters. The SMILES string of the molecule is CC(C)(C)N=CCCCc1ccc2occc2c1. The lowest BCUT2D eigenvalue weighted by Gasteiger charge is -2.10. The molecule has 2 heteroatoms. The quantitative estimate of drug-likeness (QED) is 0.568. The maximum atomic E-state index is 5.33. The summed E-state index contributed by atoms with van der Waals surface area (Å²) < 4.78 is 5.33. The molecule has 1 aromatic carbocycles. The molecule has 0 aliphatic heterocycles. The third-order valence-corrected chi connectivity index (χ3v) is 2.79. The first-order valence-electron chi connectivity index (χ1n) is 6.54. The van der Waals surface area contributed by atoms with Crippen molar-refractivity contribution in [3.05, 3.63) is 36.1 Å². The Hall–Kier alpha value is -1.57. The van der Waals surface area contributed by atoms with Crippen LogP contribution >= 0.6 is 0 Å². The van der Waals surface area contributed by atoms with E-state index < -0.39 is 0 Å². The van der Waals surface area contributed by atoms with Gasteiger partial charge in [0.15, 0.2) is 0 Å². The molecule has 0 saturated carbocycles. The van der Waals surface area contributed by atoms with Gasteiger partial charge in [-0.25, -0.2) is 0 Å². The van der Waals surface area contributed by atoms with Crippen LogP contribution < -0.4 is 0 Å². The van der Waals surface area contributed by atoms with Crippen molar-refractivity contribution in [3.63, 3.8) is 0 Å². The molecule has 0 aliphatic carbocycles. The van der Waals surface area contributed by atoms with Crippen molar-refractivity contribution in [2.75, 3.05) is 0 Å². The molecule has 0 radical (unpaired) electrons. The highest BCUT2D eigenvalue weighted by Gasteiger charge is 2.04. The Bertz CT molecular complexity index is 531. The Kier molecular flexibility index (Phi) is 3.85. The number of aliphatic imine (C=N–C) groups is 1. The van der Waals surface area contributed by atoms with E-state index in [2.05, 4.69) is 44.1 Å². The maximum absolute atomic E-state index is 5.33. The highest BCUT2D eigenvalue weighted by atomic mass is 16.3. The molecule has 0 aliphatic rings. The summed E-state index contributed by atoms with van der Waals surface area (Å²) in [5.41, 5.74) is 2.39. The van der Waals surface area contributed by atoms with Crippen LogP contribution in [0.3, 0.4) is 0 Å². The molecule has 2 aromatic rings. The molecule has 96 valence electrons. The lowest BCUT2D eigenvalue weighted by Crippen LogP contribution is -2.09. The number of fused-ring (bicyclic) bond motifs is 1. The van der Waals surface area contributed by atoms with Crippen LogP contribution in [0.1, 0.15) is 39.2 Å². The molecule has 1 heterocycles. The first-order valence-corrected chi connectivity index (χ1v) is 6.54. The van der Waals surface area contributed by atoms with Crippen LogP contribution in [0.5, 0.6) is 0 Å². The van der Waals surface area contributed by atoms with Crippen molar-refractivity contribution in [2.45, 2.75) is 45.6 Å². The molecule has 0 unspecified atom stereocenters. The van der Waals surface area contributed by atoms with E-state index in [1.807, 2.05) is 12.1 Å². The van der Waals surface area contributed by atoms with Gasteiger partial charge in [0, 0.05) is 5.39 Å². The number of benzene rings is 1. The standard InChI is InChI=1S/C16H21NO/c1-16(2,3)17-10-5-4-6-13-7-8-15-14(12-13)9-11-18-15/h7-12H,4-6H2,1-3H3. The van der Waals surface area contributed by atoms with Gasteiger partial charge >= 0.3 is 0 Å². The first kappa shape index (κ1) is 12.9. The van der Waals surface area contributed by atoms with Gasteiger partial charge in [-0.05, 0) is 70.0 Å². The Morgan fingerprint density at radius 1 is 1.22 bits per heavy atom. The number of aryl methyl sites for hydroxylation is 1.